The van der Waals surface area contributed by atoms with E-state index in [1.54, 1.807) is 16.1 Å². The SMILES string of the molecule is C[C@]1(COP(=O)(O)S)O[C@@H](n2cnc3c(N)ncnc32)C[C@@H]1OP(=O)(S)OC[C@@H]1CC[C@H](n2cnc3c(=O)[nH]c(N)nc32)O1. The number of nitrogens with two attached hydrogens (primary N) is 2. The molecule has 2 saturated heterocycles. The molecule has 0 radical (unpaired) electrons. The second-order valence-corrected chi connectivity index (χ2v) is 16.0. The maximum Gasteiger partial charge on any atom is 0.386 e. The molecular weight excluding hydrogens is 662 g/mol. The molecule has 2 aliphatic rings. The summed E-state index contributed by atoms with van der Waals surface area (Å²) in [6.45, 7) is -7.31. The molecule has 7 atom stereocenters. The molecule has 2 fully saturated rings. The van der Waals surface area contributed by atoms with Crippen molar-refractivity contribution >= 4 is 72.2 Å². The molecule has 6 N–H and O–H groups in total. The molecular formula is C21H28N10O9P2S2. The highest BCUT2D eigenvalue weighted by molar-refractivity contribution is 8.44. The summed E-state index contributed by atoms with van der Waals surface area (Å²) >= 11 is 7.74. The zero-order valence-corrected chi connectivity index (χ0v) is 26.4. The van der Waals surface area contributed by atoms with Crippen molar-refractivity contribution in [1.29, 1.82) is 0 Å². The van der Waals surface area contributed by atoms with Crippen molar-refractivity contribution in [3.8, 4) is 0 Å². The zero-order chi connectivity index (χ0) is 31.4. The van der Waals surface area contributed by atoms with E-state index >= 15 is 0 Å². The van der Waals surface area contributed by atoms with Gasteiger partial charge in [-0.05, 0) is 19.8 Å². The van der Waals surface area contributed by atoms with Gasteiger partial charge < -0.3 is 25.8 Å². The Morgan fingerprint density at radius 3 is 2.57 bits per heavy atom. The van der Waals surface area contributed by atoms with E-state index in [4.69, 9.17) is 34.5 Å². The number of fused-ring (bicyclic) bond motifs is 2. The van der Waals surface area contributed by atoms with Gasteiger partial charge in [-0.15, -0.1) is 0 Å². The molecule has 0 saturated carbocycles. The van der Waals surface area contributed by atoms with Gasteiger partial charge in [-0.25, -0.2) is 29.1 Å². The van der Waals surface area contributed by atoms with Gasteiger partial charge in [0.2, 0.25) is 5.95 Å². The van der Waals surface area contributed by atoms with Crippen molar-refractivity contribution in [3.05, 3.63) is 29.3 Å². The Morgan fingerprint density at radius 1 is 1.09 bits per heavy atom. The topological polar surface area (TPSA) is 260 Å². The molecule has 44 heavy (non-hydrogen) atoms. The number of hydrogen-bond donors (Lipinski definition) is 6. The van der Waals surface area contributed by atoms with Gasteiger partial charge in [0.1, 0.15) is 36.0 Å². The van der Waals surface area contributed by atoms with Crippen LogP contribution in [0.1, 0.15) is 38.6 Å². The summed E-state index contributed by atoms with van der Waals surface area (Å²) in [4.78, 5) is 44.8. The minimum absolute atomic E-state index is 0.0550. The smallest absolute Gasteiger partial charge is 0.382 e. The second-order valence-electron chi connectivity index (χ2n) is 10.4. The molecule has 238 valence electrons. The van der Waals surface area contributed by atoms with Gasteiger partial charge in [0, 0.05) is 6.42 Å². The first-order valence-corrected chi connectivity index (χ1v) is 18.5. The lowest BCUT2D eigenvalue weighted by Gasteiger charge is -2.31. The Kier molecular flexibility index (Phi) is 8.32. The molecule has 2 unspecified atom stereocenters. The maximum absolute atomic E-state index is 13.4. The number of imidazole rings is 2. The van der Waals surface area contributed by atoms with Crippen molar-refractivity contribution in [2.45, 2.75) is 56.5 Å². The van der Waals surface area contributed by atoms with Crippen LogP contribution in [0.4, 0.5) is 11.8 Å². The highest BCUT2D eigenvalue weighted by atomic mass is 32.7. The minimum atomic E-state index is -4.21. The van der Waals surface area contributed by atoms with Gasteiger partial charge in [0.05, 0.1) is 32.0 Å². The Morgan fingerprint density at radius 2 is 1.82 bits per heavy atom. The molecule has 0 aliphatic carbocycles. The van der Waals surface area contributed by atoms with E-state index in [0.717, 1.165) is 0 Å². The summed E-state index contributed by atoms with van der Waals surface area (Å²) < 4.78 is 57.2. The minimum Gasteiger partial charge on any atom is -0.382 e. The number of thiol groups is 2. The number of anilines is 2. The van der Waals surface area contributed by atoms with E-state index in [1.165, 1.54) is 19.0 Å². The largest absolute Gasteiger partial charge is 0.386 e. The van der Waals surface area contributed by atoms with Crippen LogP contribution in [0.3, 0.4) is 0 Å². The Balaban J connectivity index is 1.14. The van der Waals surface area contributed by atoms with Crippen LogP contribution in [-0.2, 0) is 32.2 Å². The van der Waals surface area contributed by atoms with E-state index in [9.17, 15) is 18.8 Å². The monoisotopic (exact) mass is 690 g/mol. The number of H-pyrrole nitrogens is 1. The van der Waals surface area contributed by atoms with Gasteiger partial charge in [0.25, 0.3) is 5.56 Å². The van der Waals surface area contributed by atoms with Crippen LogP contribution in [-0.4, -0.2) is 75.0 Å². The molecule has 0 amide bonds. The Labute approximate surface area is 258 Å². The van der Waals surface area contributed by atoms with Crippen LogP contribution in [0.25, 0.3) is 22.3 Å². The molecule has 4 aromatic heterocycles. The fourth-order valence-electron chi connectivity index (χ4n) is 5.15. The lowest BCUT2D eigenvalue weighted by atomic mass is 10.0. The van der Waals surface area contributed by atoms with E-state index in [-0.39, 0.29) is 36.0 Å². The predicted molar refractivity (Wildman–Crippen MR) is 161 cm³/mol. The molecule has 23 heteroatoms. The zero-order valence-electron chi connectivity index (χ0n) is 22.9. The molecule has 0 aromatic carbocycles. The van der Waals surface area contributed by atoms with Crippen molar-refractivity contribution < 1.29 is 37.1 Å². The number of nitrogen functional groups attached to an aromatic ring is 2. The highest BCUT2D eigenvalue weighted by Crippen LogP contribution is 2.58. The molecule has 2 aliphatic heterocycles. The standard InChI is InChI=1S/C21H28N10O9P2S2/c1-21(6-37-41(33,34)43)11(4-13(39-21)31-8-26-14-16(22)24-7-25-17(14)31)40-42(35,44)36-5-10-2-3-12(38-10)30-9-27-15-18(30)28-20(23)29-19(15)32/h7-13H,2-6H2,1H3,(H,35,44)(H2,22,24,25)(H2,33,34,43)(H3,23,28,29,32)/t10-,11-,12+,13+,21+,42?/m0/s1. The third-order valence-electron chi connectivity index (χ3n) is 7.25. The van der Waals surface area contributed by atoms with Gasteiger partial charge >= 0.3 is 13.6 Å². The first kappa shape index (κ1) is 31.4. The van der Waals surface area contributed by atoms with Gasteiger partial charge in [-0.2, -0.15) is 4.98 Å². The number of aromatic nitrogens is 8. The summed E-state index contributed by atoms with van der Waals surface area (Å²) in [5, 5.41) is 0. The highest BCUT2D eigenvalue weighted by Gasteiger charge is 2.51. The third kappa shape index (κ3) is 6.39. The molecule has 4 aromatic rings. The van der Waals surface area contributed by atoms with E-state index in [2.05, 4.69) is 54.4 Å². The molecule has 6 heterocycles. The van der Waals surface area contributed by atoms with Crippen LogP contribution in [0.15, 0.2) is 23.8 Å². The molecule has 0 spiro atoms. The van der Waals surface area contributed by atoms with E-state index in [1.807, 2.05) is 0 Å². The summed E-state index contributed by atoms with van der Waals surface area (Å²) in [6.07, 6.45) is 2.47. The summed E-state index contributed by atoms with van der Waals surface area (Å²) in [7, 11) is 0. The number of hydrogen-bond acceptors (Lipinski definition) is 15. The van der Waals surface area contributed by atoms with Gasteiger partial charge in [0.15, 0.2) is 22.6 Å². The molecule has 6 rings (SSSR count). The maximum atomic E-state index is 13.4. The normalized spacial score (nSPS) is 28.5. The van der Waals surface area contributed by atoms with Gasteiger partial charge in [-0.1, -0.05) is 24.5 Å². The average Bonchev–Trinajstić information content (AvgIpc) is 3.72. The van der Waals surface area contributed by atoms with Crippen molar-refractivity contribution in [2.24, 2.45) is 0 Å². The number of rotatable bonds is 10. The number of nitrogens with zero attached hydrogens (tertiary/aromatic N) is 7. The summed E-state index contributed by atoms with van der Waals surface area (Å²) in [6, 6.07) is 0. The first-order valence-electron chi connectivity index (χ1n) is 13.1. The Bertz CT molecular complexity index is 1870. The average molecular weight is 691 g/mol. The van der Waals surface area contributed by atoms with E-state index in [0.29, 0.717) is 24.0 Å². The molecule has 0 bridgehead atoms. The number of ether oxygens (including phenoxy) is 2. The summed E-state index contributed by atoms with van der Waals surface area (Å²) in [5.74, 6) is 0.113. The number of aromatic amines is 1. The van der Waals surface area contributed by atoms with Crippen LogP contribution in [0.5, 0.6) is 0 Å². The van der Waals surface area contributed by atoms with Crippen molar-refractivity contribution in [1.82, 2.24) is 39.0 Å². The second kappa shape index (κ2) is 11.7. The fourth-order valence-corrected chi connectivity index (χ4v) is 7.33. The van der Waals surface area contributed by atoms with Crippen LogP contribution in [0, 0.1) is 0 Å². The van der Waals surface area contributed by atoms with Gasteiger partial charge in [-0.3, -0.25) is 32.5 Å². The Hall–Kier alpha value is -2.58. The summed E-state index contributed by atoms with van der Waals surface area (Å²) in [5.41, 5.74) is 10.8. The quantitative estimate of drug-likeness (QED) is 0.103. The van der Waals surface area contributed by atoms with Crippen molar-refractivity contribution in [3.63, 3.8) is 0 Å². The van der Waals surface area contributed by atoms with Crippen molar-refractivity contribution in [2.75, 3.05) is 24.7 Å². The fraction of sp³-hybridized carbons (Fsp3) is 0.524. The first-order chi connectivity index (χ1) is 20.7. The van der Waals surface area contributed by atoms with Crippen LogP contribution >= 0.6 is 38.1 Å². The van der Waals surface area contributed by atoms with Crippen LogP contribution in [0.2, 0.25) is 0 Å². The van der Waals surface area contributed by atoms with E-state index < -0.39 is 56.0 Å². The van der Waals surface area contributed by atoms with Crippen LogP contribution < -0.4 is 17.0 Å². The lowest BCUT2D eigenvalue weighted by Crippen LogP contribution is -2.41. The lowest BCUT2D eigenvalue weighted by molar-refractivity contribution is -0.107. The third-order valence-corrected chi connectivity index (χ3v) is 9.69. The molecule has 19 nitrogen and oxygen atoms in total. The predicted octanol–water partition coefficient (Wildman–Crippen LogP) is 1.97. The number of nitrogens with one attached hydrogen (secondary N) is 1.